The Kier molecular flexibility index (Phi) is 14.7. The first-order chi connectivity index (χ1) is 10.4. The molecule has 0 spiro atoms. The van der Waals surface area contributed by atoms with E-state index in [1.54, 1.807) is 0 Å². The van der Waals surface area contributed by atoms with Crippen LogP contribution in [-0.2, 0) is 0 Å². The van der Waals surface area contributed by atoms with Crippen molar-refractivity contribution in [2.24, 2.45) is 0 Å². The van der Waals surface area contributed by atoms with Crippen molar-refractivity contribution in [1.82, 2.24) is 0 Å². The maximum absolute atomic E-state index is 3.80. The summed E-state index contributed by atoms with van der Waals surface area (Å²) in [5.41, 5.74) is 0. The second-order valence-corrected chi connectivity index (χ2v) is 34.3. The van der Waals surface area contributed by atoms with Crippen molar-refractivity contribution in [3.8, 4) is 0 Å². The van der Waals surface area contributed by atoms with E-state index in [9.17, 15) is 0 Å². The van der Waals surface area contributed by atoms with Crippen LogP contribution in [0.2, 0.25) is 0 Å². The van der Waals surface area contributed by atoms with Gasteiger partial charge in [-0.15, -0.1) is 0 Å². The molecule has 0 heterocycles. The molecule has 0 N–H and O–H groups in total. The molecule has 151 valence electrons. The molecule has 0 rings (SSSR count). The summed E-state index contributed by atoms with van der Waals surface area (Å²) in [4.78, 5) is 0. The molecule has 0 aliphatic rings. The van der Waals surface area contributed by atoms with E-state index in [0.717, 1.165) is 0 Å². The summed E-state index contributed by atoms with van der Waals surface area (Å²) in [6.45, 7) is 0. The number of alkyl halides is 15. The molecular formula is C8Br17. The van der Waals surface area contributed by atoms with Gasteiger partial charge in [0.15, 0.2) is 2.14 Å². The lowest BCUT2D eigenvalue weighted by Crippen LogP contribution is -2.66. The Morgan fingerprint density at radius 1 is 0.360 bits per heavy atom. The topological polar surface area (TPSA) is 0 Å². The zero-order valence-electron chi connectivity index (χ0n) is 10.4. The van der Waals surface area contributed by atoms with Crippen LogP contribution < -0.4 is 0 Å². The fourth-order valence-corrected chi connectivity index (χ4v) is 15.2. The maximum atomic E-state index is 3.80. The quantitative estimate of drug-likeness (QED) is 0.233. The summed E-state index contributed by atoms with van der Waals surface area (Å²) in [6, 6.07) is 0. The standard InChI is InChI=1S/C8Br17/c9-1(10)2(11,12)3(13,14)4(15,16)5(17,18)6(19,20)7(21,22)8(23,24)25. The van der Waals surface area contributed by atoms with Crippen LogP contribution in [0.25, 0.3) is 0 Å². The molecule has 0 aromatic carbocycles. The zero-order valence-corrected chi connectivity index (χ0v) is 37.4. The van der Waals surface area contributed by atoms with Gasteiger partial charge in [-0.3, -0.25) is 0 Å². The van der Waals surface area contributed by atoms with E-state index < -0.39 is 21.5 Å². The molecule has 0 fully saturated rings. The fraction of sp³-hybridized carbons (Fsp3) is 0.875. The van der Waals surface area contributed by atoms with Gasteiger partial charge in [0.05, 0.1) is 0 Å². The summed E-state index contributed by atoms with van der Waals surface area (Å²) < 4.78 is -5.35. The van der Waals surface area contributed by atoms with Crippen LogP contribution in [0, 0.1) is 3.74 Å². The summed E-state index contributed by atoms with van der Waals surface area (Å²) >= 11 is 62.5. The van der Waals surface area contributed by atoms with Gasteiger partial charge in [0.25, 0.3) is 0 Å². The molecule has 0 aliphatic heterocycles. The van der Waals surface area contributed by atoms with Crippen molar-refractivity contribution in [3.05, 3.63) is 3.74 Å². The molecule has 0 saturated heterocycles. The Hall–Kier alpha value is 8.16. The fourth-order valence-electron chi connectivity index (χ4n) is 1.09. The van der Waals surface area contributed by atoms with Crippen molar-refractivity contribution in [2.75, 3.05) is 0 Å². The molecule has 25 heavy (non-hydrogen) atoms. The summed E-state index contributed by atoms with van der Waals surface area (Å²) in [6.07, 6.45) is 0. The average Bonchev–Trinajstić information content (AvgIpc) is 2.35. The van der Waals surface area contributed by atoms with Gasteiger partial charge in [-0.25, -0.2) is 0 Å². The van der Waals surface area contributed by atoms with E-state index in [2.05, 4.69) is 271 Å². The molecule has 17 heteroatoms. The lowest BCUT2D eigenvalue weighted by Gasteiger charge is -2.56. The molecule has 0 aromatic heterocycles. The Bertz CT molecular complexity index is 481. The van der Waals surface area contributed by atoms with Crippen molar-refractivity contribution < 1.29 is 0 Å². The number of hydrogen-bond donors (Lipinski definition) is 0. The Balaban J connectivity index is 6.50. The number of hydrogen-bond acceptors (Lipinski definition) is 0. The van der Waals surface area contributed by atoms with Crippen LogP contribution >= 0.6 is 271 Å². The second-order valence-electron chi connectivity index (χ2n) is 4.20. The van der Waals surface area contributed by atoms with E-state index in [1.807, 2.05) is 0 Å². The van der Waals surface area contributed by atoms with E-state index in [0.29, 0.717) is 3.74 Å². The Morgan fingerprint density at radius 3 is 0.840 bits per heavy atom. The van der Waals surface area contributed by atoms with Crippen LogP contribution in [0.15, 0.2) is 0 Å². The minimum atomic E-state index is -0.942. The van der Waals surface area contributed by atoms with Crippen molar-refractivity contribution >= 4 is 271 Å². The third kappa shape index (κ3) is 6.30. The number of halogens is 17. The van der Waals surface area contributed by atoms with Crippen molar-refractivity contribution in [1.29, 1.82) is 0 Å². The Morgan fingerprint density at radius 2 is 0.600 bits per heavy atom. The number of rotatable bonds is 6. The normalized spacial score (nSPS) is 16.6. The monoisotopic (exact) mass is 1440 g/mol. The van der Waals surface area contributed by atoms with E-state index in [-0.39, 0.29) is 0 Å². The average molecular weight is 1450 g/mol. The Labute approximate surface area is 289 Å². The van der Waals surface area contributed by atoms with Crippen LogP contribution in [0.1, 0.15) is 0 Å². The molecule has 0 amide bonds. The van der Waals surface area contributed by atoms with E-state index in [4.69, 9.17) is 0 Å². The largest absolute Gasteiger partial charge is 0.162 e. The smallest absolute Gasteiger partial charge is 0.0675 e. The lowest BCUT2D eigenvalue weighted by atomic mass is 10.1. The highest BCUT2D eigenvalue weighted by molar-refractivity contribution is 9.42. The molecule has 0 saturated carbocycles. The van der Waals surface area contributed by atoms with Crippen molar-refractivity contribution in [3.63, 3.8) is 0 Å². The van der Waals surface area contributed by atoms with Crippen LogP contribution in [0.5, 0.6) is 0 Å². The van der Waals surface area contributed by atoms with Gasteiger partial charge in [-0.05, 0) is 0 Å². The van der Waals surface area contributed by atoms with Gasteiger partial charge in [0, 0.05) is 0 Å². The van der Waals surface area contributed by atoms with Crippen LogP contribution in [0.4, 0.5) is 0 Å². The minimum Gasteiger partial charge on any atom is -0.0675 e. The summed E-state index contributed by atoms with van der Waals surface area (Å²) in [5, 5.41) is 0. The van der Waals surface area contributed by atoms with Gasteiger partial charge in [0.1, 0.15) is 23.1 Å². The molecule has 0 aromatic rings. The van der Waals surface area contributed by atoms with Gasteiger partial charge in [0.2, 0.25) is 0 Å². The first-order valence-electron chi connectivity index (χ1n) is 4.96. The van der Waals surface area contributed by atoms with Crippen LogP contribution in [0.3, 0.4) is 0 Å². The summed E-state index contributed by atoms with van der Waals surface area (Å²) in [7, 11) is 0. The van der Waals surface area contributed by atoms with E-state index in [1.165, 1.54) is 0 Å². The zero-order chi connectivity index (χ0) is 21.1. The first-order valence-corrected chi connectivity index (χ1v) is 18.4. The highest BCUT2D eigenvalue weighted by atomic mass is 80.0. The lowest BCUT2D eigenvalue weighted by molar-refractivity contribution is 0.618. The maximum Gasteiger partial charge on any atom is 0.162 e. The van der Waals surface area contributed by atoms with Gasteiger partial charge in [-0.2, -0.15) is 0 Å². The third-order valence-corrected chi connectivity index (χ3v) is 35.4. The predicted molar refractivity (Wildman–Crippen MR) is 174 cm³/mol. The molecule has 0 atom stereocenters. The minimum absolute atomic E-state index is 0.704. The first kappa shape index (κ1) is 33.2. The second kappa shape index (κ2) is 11.0. The molecular weight excluding hydrogens is 1450 g/mol. The van der Waals surface area contributed by atoms with Crippen molar-refractivity contribution in [2.45, 2.75) is 21.5 Å². The molecule has 1 radical (unpaired) electrons. The third-order valence-electron chi connectivity index (χ3n) is 2.57. The SMILES string of the molecule is Br[C](Br)C(Br)(Br)C(Br)(Br)C(Br)(Br)C(Br)(Br)C(Br)(Br)C(Br)(Br)C(Br)(Br)Br. The highest BCUT2D eigenvalue weighted by Gasteiger charge is 2.76. The predicted octanol–water partition coefficient (Wildman–Crippen LogP) is 13.0. The van der Waals surface area contributed by atoms with E-state index >= 15 is 0 Å². The van der Waals surface area contributed by atoms with Gasteiger partial charge in [-0.1, -0.05) is 271 Å². The molecule has 0 bridgehead atoms. The van der Waals surface area contributed by atoms with Gasteiger partial charge < -0.3 is 0 Å². The molecule has 0 aliphatic carbocycles. The molecule has 0 unspecified atom stereocenters. The molecule has 0 nitrogen and oxygen atoms in total. The van der Waals surface area contributed by atoms with Gasteiger partial charge >= 0.3 is 0 Å². The van der Waals surface area contributed by atoms with Crippen LogP contribution in [-0.4, -0.2) is 21.5 Å². The summed E-state index contributed by atoms with van der Waals surface area (Å²) in [5.74, 6) is 0. The highest BCUT2D eigenvalue weighted by Crippen LogP contribution is 2.77.